The van der Waals surface area contributed by atoms with Crippen molar-refractivity contribution >= 4 is 23.4 Å². The SMILES string of the molecule is COc1ccc(NC(=O)CSc2nc(=O)n(CC3CCCO3)c3c2CCCC3)cc1. The van der Waals surface area contributed by atoms with Crippen LogP contribution in [-0.4, -0.2) is 41.0 Å². The number of hydrogen-bond acceptors (Lipinski definition) is 6. The number of methoxy groups -OCH3 is 1. The highest BCUT2D eigenvalue weighted by molar-refractivity contribution is 8.00. The molecule has 1 aliphatic heterocycles. The summed E-state index contributed by atoms with van der Waals surface area (Å²) in [7, 11) is 1.60. The molecule has 1 aliphatic carbocycles. The maximum Gasteiger partial charge on any atom is 0.348 e. The number of hydrogen-bond donors (Lipinski definition) is 1. The lowest BCUT2D eigenvalue weighted by atomic mass is 9.97. The van der Waals surface area contributed by atoms with Crippen LogP contribution in [0.1, 0.15) is 36.9 Å². The number of rotatable bonds is 7. The van der Waals surface area contributed by atoms with Crippen molar-refractivity contribution in [3.63, 3.8) is 0 Å². The Morgan fingerprint density at radius 3 is 2.80 bits per heavy atom. The molecule has 8 heteroatoms. The van der Waals surface area contributed by atoms with Crippen LogP contribution in [0.25, 0.3) is 0 Å². The molecule has 30 heavy (non-hydrogen) atoms. The second-order valence-corrected chi connectivity index (χ2v) is 8.61. The average Bonchev–Trinajstić information content (AvgIpc) is 3.28. The van der Waals surface area contributed by atoms with Gasteiger partial charge in [-0.2, -0.15) is 4.98 Å². The third kappa shape index (κ3) is 4.87. The molecule has 0 radical (unpaired) electrons. The molecule has 1 unspecified atom stereocenters. The van der Waals surface area contributed by atoms with Gasteiger partial charge in [-0.05, 0) is 62.8 Å². The quantitative estimate of drug-likeness (QED) is 0.538. The molecular weight excluding hydrogens is 402 g/mol. The van der Waals surface area contributed by atoms with Crippen LogP contribution >= 0.6 is 11.8 Å². The number of nitrogens with zero attached hydrogens (tertiary/aromatic N) is 2. The van der Waals surface area contributed by atoms with Crippen molar-refractivity contribution in [3.05, 3.63) is 46.0 Å². The van der Waals surface area contributed by atoms with Gasteiger partial charge in [-0.3, -0.25) is 9.36 Å². The van der Waals surface area contributed by atoms with Gasteiger partial charge in [0.25, 0.3) is 0 Å². The maximum atomic E-state index is 12.8. The van der Waals surface area contributed by atoms with Gasteiger partial charge in [0, 0.05) is 23.6 Å². The van der Waals surface area contributed by atoms with Crippen molar-refractivity contribution in [2.75, 3.05) is 24.8 Å². The molecule has 2 aromatic rings. The Morgan fingerprint density at radius 2 is 2.07 bits per heavy atom. The maximum absolute atomic E-state index is 12.8. The molecule has 0 bridgehead atoms. The third-order valence-corrected chi connectivity index (χ3v) is 6.59. The molecule has 1 fully saturated rings. The first kappa shape index (κ1) is 20.9. The third-order valence-electron chi connectivity index (χ3n) is 5.57. The zero-order valence-corrected chi connectivity index (χ0v) is 18.0. The number of benzene rings is 1. The van der Waals surface area contributed by atoms with E-state index in [1.165, 1.54) is 11.8 Å². The van der Waals surface area contributed by atoms with Crippen molar-refractivity contribution in [2.45, 2.75) is 56.2 Å². The zero-order chi connectivity index (χ0) is 20.9. The van der Waals surface area contributed by atoms with Gasteiger partial charge in [0.2, 0.25) is 5.91 Å². The Labute approximate surface area is 180 Å². The van der Waals surface area contributed by atoms with E-state index < -0.39 is 0 Å². The predicted molar refractivity (Wildman–Crippen MR) is 116 cm³/mol. The highest BCUT2D eigenvalue weighted by Crippen LogP contribution is 2.29. The molecule has 1 atom stereocenters. The molecule has 7 nitrogen and oxygen atoms in total. The zero-order valence-electron chi connectivity index (χ0n) is 17.2. The Bertz CT molecular complexity index is 952. The van der Waals surface area contributed by atoms with Gasteiger partial charge >= 0.3 is 5.69 Å². The Kier molecular flexibility index (Phi) is 6.74. The van der Waals surface area contributed by atoms with E-state index in [4.69, 9.17) is 9.47 Å². The van der Waals surface area contributed by atoms with Gasteiger partial charge in [-0.15, -0.1) is 0 Å². The van der Waals surface area contributed by atoms with E-state index >= 15 is 0 Å². The predicted octanol–water partition coefficient (Wildman–Crippen LogP) is 3.04. The largest absolute Gasteiger partial charge is 0.497 e. The molecule has 2 aliphatic rings. The number of amides is 1. The van der Waals surface area contributed by atoms with Crippen molar-refractivity contribution in [3.8, 4) is 5.75 Å². The van der Waals surface area contributed by atoms with Crippen LogP contribution in [0.5, 0.6) is 5.75 Å². The van der Waals surface area contributed by atoms with E-state index in [-0.39, 0.29) is 23.5 Å². The first-order chi connectivity index (χ1) is 14.6. The lowest BCUT2D eigenvalue weighted by Crippen LogP contribution is -2.34. The highest BCUT2D eigenvalue weighted by Gasteiger charge is 2.24. The summed E-state index contributed by atoms with van der Waals surface area (Å²) in [6, 6.07) is 7.20. The summed E-state index contributed by atoms with van der Waals surface area (Å²) in [5, 5.41) is 3.57. The molecule has 4 rings (SSSR count). The highest BCUT2D eigenvalue weighted by atomic mass is 32.2. The first-order valence-corrected chi connectivity index (χ1v) is 11.4. The molecule has 160 valence electrons. The molecule has 0 spiro atoms. The topological polar surface area (TPSA) is 82.5 Å². The van der Waals surface area contributed by atoms with Crippen LogP contribution in [0.15, 0.2) is 34.1 Å². The smallest absolute Gasteiger partial charge is 0.348 e. The molecule has 1 aromatic carbocycles. The second-order valence-electron chi connectivity index (χ2n) is 7.64. The Hall–Kier alpha value is -2.32. The average molecular weight is 430 g/mol. The van der Waals surface area contributed by atoms with Gasteiger partial charge in [0.15, 0.2) is 0 Å². The van der Waals surface area contributed by atoms with Crippen LogP contribution in [-0.2, 0) is 28.9 Å². The minimum absolute atomic E-state index is 0.101. The van der Waals surface area contributed by atoms with Gasteiger partial charge in [-0.25, -0.2) is 4.79 Å². The first-order valence-electron chi connectivity index (χ1n) is 10.4. The Morgan fingerprint density at radius 1 is 1.27 bits per heavy atom. The van der Waals surface area contributed by atoms with Crippen LogP contribution in [0.2, 0.25) is 0 Å². The number of ether oxygens (including phenoxy) is 2. The molecule has 1 amide bonds. The lowest BCUT2D eigenvalue weighted by molar-refractivity contribution is -0.113. The van der Waals surface area contributed by atoms with E-state index in [1.807, 2.05) is 4.57 Å². The fraction of sp³-hybridized carbons (Fsp3) is 0.500. The van der Waals surface area contributed by atoms with Gasteiger partial charge < -0.3 is 14.8 Å². The Balaban J connectivity index is 1.46. The van der Waals surface area contributed by atoms with E-state index in [0.29, 0.717) is 17.3 Å². The fourth-order valence-corrected chi connectivity index (χ4v) is 4.93. The monoisotopic (exact) mass is 429 g/mol. The van der Waals surface area contributed by atoms with E-state index in [0.717, 1.165) is 62.1 Å². The summed E-state index contributed by atoms with van der Waals surface area (Å²) in [6.07, 6.45) is 6.07. The number of carbonyl (C=O) groups excluding carboxylic acids is 1. The molecule has 1 N–H and O–H groups in total. The number of carbonyl (C=O) groups is 1. The van der Waals surface area contributed by atoms with Gasteiger partial charge in [0.05, 0.1) is 25.5 Å². The van der Waals surface area contributed by atoms with E-state index in [2.05, 4.69) is 10.3 Å². The minimum Gasteiger partial charge on any atom is -0.497 e. The normalized spacial score (nSPS) is 18.1. The number of aromatic nitrogens is 2. The van der Waals surface area contributed by atoms with Crippen LogP contribution < -0.4 is 15.7 Å². The van der Waals surface area contributed by atoms with Crippen molar-refractivity contribution < 1.29 is 14.3 Å². The number of anilines is 1. The molecular formula is C22H27N3O4S. The molecule has 0 saturated carbocycles. The van der Waals surface area contributed by atoms with Crippen LogP contribution in [0.3, 0.4) is 0 Å². The second kappa shape index (κ2) is 9.66. The van der Waals surface area contributed by atoms with E-state index in [9.17, 15) is 9.59 Å². The van der Waals surface area contributed by atoms with Crippen molar-refractivity contribution in [1.82, 2.24) is 9.55 Å². The van der Waals surface area contributed by atoms with E-state index in [1.54, 1.807) is 31.4 Å². The lowest BCUT2D eigenvalue weighted by Gasteiger charge is -2.24. The summed E-state index contributed by atoms with van der Waals surface area (Å²) < 4.78 is 12.7. The van der Waals surface area contributed by atoms with Crippen molar-refractivity contribution in [1.29, 1.82) is 0 Å². The molecule has 2 heterocycles. The fourth-order valence-electron chi connectivity index (χ4n) is 4.05. The summed E-state index contributed by atoms with van der Waals surface area (Å²) >= 11 is 1.34. The molecule has 1 saturated heterocycles. The van der Waals surface area contributed by atoms with Crippen LogP contribution in [0.4, 0.5) is 5.69 Å². The number of fused-ring (bicyclic) bond motifs is 1. The van der Waals surface area contributed by atoms with Crippen LogP contribution in [0, 0.1) is 0 Å². The summed E-state index contributed by atoms with van der Waals surface area (Å²) in [4.78, 5) is 29.5. The summed E-state index contributed by atoms with van der Waals surface area (Å²) in [5.74, 6) is 0.822. The number of nitrogens with one attached hydrogen (secondary N) is 1. The minimum atomic E-state index is -0.232. The van der Waals surface area contributed by atoms with Gasteiger partial charge in [0.1, 0.15) is 10.8 Å². The summed E-state index contributed by atoms with van der Waals surface area (Å²) in [6.45, 7) is 1.35. The molecule has 1 aromatic heterocycles. The summed E-state index contributed by atoms with van der Waals surface area (Å²) in [5.41, 5.74) is 2.68. The number of thioether (sulfide) groups is 1. The standard InChI is InChI=1S/C22H27N3O4S/c1-28-16-10-8-15(9-11-16)23-20(26)14-30-21-18-6-2-3-7-19(18)25(22(27)24-21)13-17-5-4-12-29-17/h8-11,17H,2-7,12-14H2,1H3,(H,23,26). The van der Waals surface area contributed by atoms with Gasteiger partial charge in [-0.1, -0.05) is 11.8 Å². The van der Waals surface area contributed by atoms with Crippen molar-refractivity contribution in [2.24, 2.45) is 0 Å².